The van der Waals surface area contributed by atoms with Gasteiger partial charge in [-0.15, -0.1) is 11.8 Å². The zero-order valence-electron chi connectivity index (χ0n) is 14.5. The summed E-state index contributed by atoms with van der Waals surface area (Å²) >= 11 is 1.50. The Morgan fingerprint density at radius 3 is 2.81 bits per heavy atom. The average Bonchev–Trinajstić information content (AvgIpc) is 3.26. The molecule has 0 radical (unpaired) electrons. The van der Waals surface area contributed by atoms with Crippen LogP contribution in [0.25, 0.3) is 11.4 Å². The first-order valence-electron chi connectivity index (χ1n) is 8.58. The average molecular weight is 365 g/mol. The van der Waals surface area contributed by atoms with E-state index in [1.807, 2.05) is 53.4 Å². The van der Waals surface area contributed by atoms with Gasteiger partial charge in [0.25, 0.3) is 0 Å². The largest absolute Gasteiger partial charge is 0.338 e. The third-order valence-corrected chi connectivity index (χ3v) is 5.33. The zero-order valence-corrected chi connectivity index (χ0v) is 15.3. The van der Waals surface area contributed by atoms with Gasteiger partial charge in [-0.05, 0) is 25.0 Å². The van der Waals surface area contributed by atoms with Crippen molar-refractivity contribution in [3.8, 4) is 11.4 Å². The molecule has 0 spiro atoms. The minimum absolute atomic E-state index is 0.121. The highest BCUT2D eigenvalue weighted by molar-refractivity contribution is 7.99. The van der Waals surface area contributed by atoms with Gasteiger partial charge in [0.1, 0.15) is 0 Å². The second-order valence-corrected chi connectivity index (χ2v) is 7.30. The standard InChI is InChI=1S/C20H19N3O2S/c1-14-11-16-9-5-6-10-17(16)23(14)19(24)13-26-12-18-21-20(22-25-18)15-7-3-2-4-8-15/h2-10,14H,11-13H2,1H3/t14-/m1/s1. The van der Waals surface area contributed by atoms with Crippen LogP contribution >= 0.6 is 11.8 Å². The van der Waals surface area contributed by atoms with Crippen LogP contribution in [0.4, 0.5) is 5.69 Å². The highest BCUT2D eigenvalue weighted by atomic mass is 32.2. The minimum Gasteiger partial charge on any atom is -0.338 e. The third kappa shape index (κ3) is 3.37. The molecule has 1 aliphatic heterocycles. The van der Waals surface area contributed by atoms with E-state index < -0.39 is 0 Å². The molecular formula is C20H19N3O2S. The topological polar surface area (TPSA) is 59.2 Å². The molecular weight excluding hydrogens is 346 g/mol. The summed E-state index contributed by atoms with van der Waals surface area (Å²) in [5.74, 6) is 2.15. The quantitative estimate of drug-likeness (QED) is 0.685. The molecule has 3 aromatic rings. The van der Waals surface area contributed by atoms with Gasteiger partial charge in [-0.3, -0.25) is 4.79 Å². The lowest BCUT2D eigenvalue weighted by atomic mass is 10.1. The number of nitrogens with zero attached hydrogens (tertiary/aromatic N) is 3. The van der Waals surface area contributed by atoms with Crippen molar-refractivity contribution < 1.29 is 9.32 Å². The number of hydrogen-bond donors (Lipinski definition) is 0. The minimum atomic E-state index is 0.121. The van der Waals surface area contributed by atoms with Gasteiger partial charge in [0, 0.05) is 17.3 Å². The number of para-hydroxylation sites is 1. The van der Waals surface area contributed by atoms with E-state index in [-0.39, 0.29) is 11.9 Å². The Balaban J connectivity index is 1.35. The number of rotatable bonds is 5. The lowest BCUT2D eigenvalue weighted by Gasteiger charge is -2.22. The van der Waals surface area contributed by atoms with Crippen molar-refractivity contribution in [3.05, 3.63) is 66.1 Å². The Hall–Kier alpha value is -2.60. The molecule has 1 amide bonds. The molecule has 0 saturated heterocycles. The smallest absolute Gasteiger partial charge is 0.237 e. The molecule has 5 nitrogen and oxygen atoms in total. The molecule has 0 aliphatic carbocycles. The number of fused-ring (bicyclic) bond motifs is 1. The van der Waals surface area contributed by atoms with E-state index in [1.54, 1.807) is 0 Å². The maximum atomic E-state index is 12.7. The van der Waals surface area contributed by atoms with Crippen LogP contribution in [-0.4, -0.2) is 27.8 Å². The molecule has 4 rings (SSSR count). The zero-order chi connectivity index (χ0) is 17.9. The van der Waals surface area contributed by atoms with Crippen LogP contribution in [-0.2, 0) is 17.0 Å². The number of carbonyl (C=O) groups excluding carboxylic acids is 1. The van der Waals surface area contributed by atoms with E-state index >= 15 is 0 Å². The van der Waals surface area contributed by atoms with E-state index in [2.05, 4.69) is 23.1 Å². The van der Waals surface area contributed by atoms with Crippen LogP contribution in [0.5, 0.6) is 0 Å². The van der Waals surface area contributed by atoms with Gasteiger partial charge in [-0.1, -0.05) is 53.7 Å². The van der Waals surface area contributed by atoms with Gasteiger partial charge in [-0.2, -0.15) is 4.98 Å². The van der Waals surface area contributed by atoms with Gasteiger partial charge < -0.3 is 9.42 Å². The van der Waals surface area contributed by atoms with Crippen LogP contribution < -0.4 is 4.90 Å². The van der Waals surface area contributed by atoms with Crippen molar-refractivity contribution >= 4 is 23.4 Å². The normalized spacial score (nSPS) is 15.9. The first-order valence-corrected chi connectivity index (χ1v) is 9.73. The summed E-state index contributed by atoms with van der Waals surface area (Å²) in [7, 11) is 0. The summed E-state index contributed by atoms with van der Waals surface area (Å²) in [5, 5.41) is 4.01. The number of thioether (sulfide) groups is 1. The van der Waals surface area contributed by atoms with Gasteiger partial charge in [-0.25, -0.2) is 0 Å². The number of anilines is 1. The fraction of sp³-hybridized carbons (Fsp3) is 0.250. The summed E-state index contributed by atoms with van der Waals surface area (Å²) in [4.78, 5) is 19.0. The molecule has 1 atom stereocenters. The molecule has 132 valence electrons. The Morgan fingerprint density at radius 2 is 1.96 bits per heavy atom. The lowest BCUT2D eigenvalue weighted by molar-refractivity contribution is -0.116. The molecule has 0 unspecified atom stereocenters. The molecule has 0 bridgehead atoms. The third-order valence-electron chi connectivity index (χ3n) is 4.43. The fourth-order valence-electron chi connectivity index (χ4n) is 3.26. The molecule has 1 aliphatic rings. The molecule has 0 N–H and O–H groups in total. The van der Waals surface area contributed by atoms with E-state index in [0.717, 1.165) is 17.7 Å². The van der Waals surface area contributed by atoms with E-state index in [4.69, 9.17) is 4.52 Å². The lowest BCUT2D eigenvalue weighted by Crippen LogP contribution is -2.37. The molecule has 2 aromatic carbocycles. The SMILES string of the molecule is C[C@@H]1Cc2ccccc2N1C(=O)CSCc1nc(-c2ccccc2)no1. The number of hydrogen-bond acceptors (Lipinski definition) is 5. The Morgan fingerprint density at radius 1 is 1.19 bits per heavy atom. The van der Waals surface area contributed by atoms with Crippen molar-refractivity contribution in [2.24, 2.45) is 0 Å². The Kier molecular flexibility index (Phi) is 4.75. The van der Waals surface area contributed by atoms with Crippen LogP contribution in [0, 0.1) is 0 Å². The maximum absolute atomic E-state index is 12.7. The second-order valence-electron chi connectivity index (χ2n) is 6.32. The van der Waals surface area contributed by atoms with E-state index in [0.29, 0.717) is 23.2 Å². The summed E-state index contributed by atoms with van der Waals surface area (Å²) < 4.78 is 5.30. The van der Waals surface area contributed by atoms with Crippen LogP contribution in [0.15, 0.2) is 59.1 Å². The Bertz CT molecular complexity index is 910. The molecule has 1 aromatic heterocycles. The molecule has 26 heavy (non-hydrogen) atoms. The van der Waals surface area contributed by atoms with Gasteiger partial charge in [0.05, 0.1) is 11.5 Å². The first kappa shape index (κ1) is 16.8. The van der Waals surface area contributed by atoms with Gasteiger partial charge in [0.2, 0.25) is 17.6 Å². The molecule has 0 saturated carbocycles. The van der Waals surface area contributed by atoms with E-state index in [9.17, 15) is 4.79 Å². The summed E-state index contributed by atoms with van der Waals surface area (Å²) in [6.07, 6.45) is 0.913. The van der Waals surface area contributed by atoms with Gasteiger partial charge in [0.15, 0.2) is 0 Å². The van der Waals surface area contributed by atoms with Crippen LogP contribution in [0.1, 0.15) is 18.4 Å². The highest BCUT2D eigenvalue weighted by Gasteiger charge is 2.30. The Labute approximate surface area is 156 Å². The summed E-state index contributed by atoms with van der Waals surface area (Å²) in [5.41, 5.74) is 3.20. The van der Waals surface area contributed by atoms with Crippen LogP contribution in [0.2, 0.25) is 0 Å². The van der Waals surface area contributed by atoms with E-state index in [1.165, 1.54) is 17.3 Å². The molecule has 0 fully saturated rings. The predicted octanol–water partition coefficient (Wildman–Crippen LogP) is 3.95. The summed E-state index contributed by atoms with van der Waals surface area (Å²) in [6, 6.07) is 18.0. The monoisotopic (exact) mass is 365 g/mol. The molecule has 2 heterocycles. The number of aromatic nitrogens is 2. The van der Waals surface area contributed by atoms with Crippen molar-refractivity contribution in [2.45, 2.75) is 25.1 Å². The second kappa shape index (κ2) is 7.33. The highest BCUT2D eigenvalue weighted by Crippen LogP contribution is 2.32. The predicted molar refractivity (Wildman–Crippen MR) is 103 cm³/mol. The van der Waals surface area contributed by atoms with Crippen molar-refractivity contribution in [1.29, 1.82) is 0 Å². The molecule has 6 heteroatoms. The summed E-state index contributed by atoms with van der Waals surface area (Å²) in [6.45, 7) is 2.09. The van der Waals surface area contributed by atoms with Crippen molar-refractivity contribution in [2.75, 3.05) is 10.7 Å². The van der Waals surface area contributed by atoms with Crippen molar-refractivity contribution in [3.63, 3.8) is 0 Å². The van der Waals surface area contributed by atoms with Gasteiger partial charge >= 0.3 is 0 Å². The number of carbonyl (C=O) groups is 1. The number of amides is 1. The first-order chi connectivity index (χ1) is 12.7. The number of benzene rings is 2. The fourth-order valence-corrected chi connectivity index (χ4v) is 3.97. The maximum Gasteiger partial charge on any atom is 0.237 e. The van der Waals surface area contributed by atoms with Crippen LogP contribution in [0.3, 0.4) is 0 Å². The van der Waals surface area contributed by atoms with Crippen molar-refractivity contribution in [1.82, 2.24) is 10.1 Å².